The van der Waals surface area contributed by atoms with Crippen LogP contribution in [0, 0.1) is 0 Å². The largest absolute Gasteiger partial charge is 0.393 e. The molecule has 3 atom stereocenters. The van der Waals surface area contributed by atoms with Gasteiger partial charge in [0.2, 0.25) is 0 Å². The van der Waals surface area contributed by atoms with Crippen molar-refractivity contribution >= 4 is 11.3 Å². The number of aliphatic hydroxyl groups excluding tert-OH is 1. The van der Waals surface area contributed by atoms with Crippen LogP contribution in [0.25, 0.3) is 11.3 Å². The van der Waals surface area contributed by atoms with E-state index in [1.807, 2.05) is 25.3 Å². The molecular formula is C19H24N2O2S. The van der Waals surface area contributed by atoms with E-state index in [0.717, 1.165) is 49.5 Å². The molecule has 1 aromatic carbocycles. The van der Waals surface area contributed by atoms with E-state index in [1.165, 1.54) is 5.56 Å². The van der Waals surface area contributed by atoms with Crippen LogP contribution in [0.15, 0.2) is 35.7 Å². The van der Waals surface area contributed by atoms with E-state index in [0.29, 0.717) is 6.04 Å². The standard InChI is InChI=1S/C19H24N2O2S/c1-23-19-8-7-15(22)11-17(19)21(10-9-19)12-18-20-16(13-24-18)14-5-3-2-4-6-14/h2-6,13,15,17,22H,7-12H2,1H3/t15-,17+,19-/m1/s1. The van der Waals surface area contributed by atoms with Gasteiger partial charge in [-0.1, -0.05) is 30.3 Å². The van der Waals surface area contributed by atoms with Crippen molar-refractivity contribution in [2.24, 2.45) is 0 Å². The van der Waals surface area contributed by atoms with Crippen LogP contribution in [0.1, 0.15) is 30.7 Å². The molecule has 2 fully saturated rings. The molecule has 2 heterocycles. The molecular weight excluding hydrogens is 320 g/mol. The number of rotatable bonds is 4. The van der Waals surface area contributed by atoms with Gasteiger partial charge in [-0.05, 0) is 25.7 Å². The molecule has 1 saturated carbocycles. The smallest absolute Gasteiger partial charge is 0.107 e. The zero-order chi connectivity index (χ0) is 16.6. The molecule has 1 aliphatic carbocycles. The second-order valence-electron chi connectivity index (χ2n) is 6.93. The lowest BCUT2D eigenvalue weighted by atomic mass is 9.79. The zero-order valence-electron chi connectivity index (χ0n) is 14.0. The summed E-state index contributed by atoms with van der Waals surface area (Å²) in [4.78, 5) is 7.28. The van der Waals surface area contributed by atoms with Crippen molar-refractivity contribution in [3.63, 3.8) is 0 Å². The third-order valence-corrected chi connectivity index (χ3v) is 6.47. The summed E-state index contributed by atoms with van der Waals surface area (Å²) in [7, 11) is 1.82. The predicted octanol–water partition coefficient (Wildman–Crippen LogP) is 3.31. The van der Waals surface area contributed by atoms with Gasteiger partial charge >= 0.3 is 0 Å². The average molecular weight is 344 g/mol. The number of thiazole rings is 1. The van der Waals surface area contributed by atoms with Gasteiger partial charge in [0.15, 0.2) is 0 Å². The lowest BCUT2D eigenvalue weighted by molar-refractivity contribution is -0.0879. The maximum absolute atomic E-state index is 10.1. The van der Waals surface area contributed by atoms with E-state index in [-0.39, 0.29) is 11.7 Å². The fourth-order valence-electron chi connectivity index (χ4n) is 4.26. The Balaban J connectivity index is 1.51. The fourth-order valence-corrected chi connectivity index (χ4v) is 5.09. The van der Waals surface area contributed by atoms with Crippen LogP contribution in [0.3, 0.4) is 0 Å². The molecule has 5 heteroatoms. The van der Waals surface area contributed by atoms with Gasteiger partial charge in [-0.25, -0.2) is 4.98 Å². The summed E-state index contributed by atoms with van der Waals surface area (Å²) in [6, 6.07) is 10.6. The number of hydrogen-bond donors (Lipinski definition) is 1. The molecule has 24 heavy (non-hydrogen) atoms. The normalized spacial score (nSPS) is 30.4. The Hall–Kier alpha value is -1.27. The van der Waals surface area contributed by atoms with Crippen LogP contribution in [-0.4, -0.2) is 46.4 Å². The first-order chi connectivity index (χ1) is 11.7. The number of hydrogen-bond acceptors (Lipinski definition) is 5. The SMILES string of the molecule is CO[C@@]12CC[C@@H](O)C[C@@H]1N(Cc1nc(-c3ccccc3)cs1)CC2. The van der Waals surface area contributed by atoms with Crippen molar-refractivity contribution in [3.05, 3.63) is 40.7 Å². The molecule has 4 nitrogen and oxygen atoms in total. The summed E-state index contributed by atoms with van der Waals surface area (Å²) in [5.41, 5.74) is 2.15. The highest BCUT2D eigenvalue weighted by Gasteiger charge is 2.50. The van der Waals surface area contributed by atoms with E-state index in [4.69, 9.17) is 9.72 Å². The third kappa shape index (κ3) is 2.90. The van der Waals surface area contributed by atoms with E-state index in [1.54, 1.807) is 11.3 Å². The quantitative estimate of drug-likeness (QED) is 0.924. The number of likely N-dealkylation sites (tertiary alicyclic amines) is 1. The van der Waals surface area contributed by atoms with E-state index < -0.39 is 0 Å². The maximum Gasteiger partial charge on any atom is 0.107 e. The number of fused-ring (bicyclic) bond motifs is 1. The first kappa shape index (κ1) is 16.2. The number of ether oxygens (including phenoxy) is 1. The monoisotopic (exact) mass is 344 g/mol. The minimum absolute atomic E-state index is 0.0707. The molecule has 1 N–H and O–H groups in total. The zero-order valence-corrected chi connectivity index (χ0v) is 14.8. The molecule has 4 rings (SSSR count). The van der Waals surface area contributed by atoms with Gasteiger partial charge in [0.1, 0.15) is 5.01 Å². The van der Waals surface area contributed by atoms with Gasteiger partial charge in [0, 0.05) is 30.6 Å². The molecule has 0 radical (unpaired) electrons. The lowest BCUT2D eigenvalue weighted by Crippen LogP contribution is -2.51. The Morgan fingerprint density at radius 2 is 2.17 bits per heavy atom. The van der Waals surface area contributed by atoms with Crippen LogP contribution in [0.5, 0.6) is 0 Å². The Morgan fingerprint density at radius 3 is 2.96 bits per heavy atom. The topological polar surface area (TPSA) is 45.6 Å². The molecule has 2 aliphatic rings. The van der Waals surface area contributed by atoms with Gasteiger partial charge in [-0.15, -0.1) is 11.3 Å². The highest BCUT2D eigenvalue weighted by molar-refractivity contribution is 7.09. The maximum atomic E-state index is 10.1. The van der Waals surface area contributed by atoms with Crippen molar-refractivity contribution < 1.29 is 9.84 Å². The number of nitrogens with zero attached hydrogens (tertiary/aromatic N) is 2. The molecule has 0 spiro atoms. The number of aliphatic hydroxyl groups is 1. The summed E-state index contributed by atoms with van der Waals surface area (Å²) < 4.78 is 5.92. The van der Waals surface area contributed by atoms with Crippen molar-refractivity contribution in [2.45, 2.75) is 50.0 Å². The predicted molar refractivity (Wildman–Crippen MR) is 96.0 cm³/mol. The molecule has 0 amide bonds. The first-order valence-corrected chi connectivity index (χ1v) is 9.55. The van der Waals surface area contributed by atoms with Gasteiger partial charge in [0.25, 0.3) is 0 Å². The second kappa shape index (κ2) is 6.56. The summed E-state index contributed by atoms with van der Waals surface area (Å²) in [5, 5.41) is 13.4. The highest BCUT2D eigenvalue weighted by atomic mass is 32.1. The van der Waals surface area contributed by atoms with Crippen LogP contribution in [0.4, 0.5) is 0 Å². The number of benzene rings is 1. The van der Waals surface area contributed by atoms with Crippen molar-refractivity contribution in [1.82, 2.24) is 9.88 Å². The van der Waals surface area contributed by atoms with Gasteiger partial charge in [-0.2, -0.15) is 0 Å². The second-order valence-corrected chi connectivity index (χ2v) is 7.87. The van der Waals surface area contributed by atoms with Gasteiger partial charge in [-0.3, -0.25) is 4.90 Å². The lowest BCUT2D eigenvalue weighted by Gasteiger charge is -2.42. The van der Waals surface area contributed by atoms with Gasteiger partial charge < -0.3 is 9.84 Å². The molecule has 1 aliphatic heterocycles. The van der Waals surface area contributed by atoms with E-state index in [2.05, 4.69) is 22.4 Å². The number of methoxy groups -OCH3 is 1. The van der Waals surface area contributed by atoms with Gasteiger partial charge in [0.05, 0.1) is 23.9 Å². The molecule has 0 unspecified atom stereocenters. The van der Waals surface area contributed by atoms with Crippen molar-refractivity contribution in [1.29, 1.82) is 0 Å². The summed E-state index contributed by atoms with van der Waals surface area (Å²) >= 11 is 1.72. The molecule has 128 valence electrons. The third-order valence-electron chi connectivity index (χ3n) is 5.63. The summed E-state index contributed by atoms with van der Waals surface area (Å²) in [6.07, 6.45) is 3.48. The van der Waals surface area contributed by atoms with Crippen LogP contribution in [-0.2, 0) is 11.3 Å². The van der Waals surface area contributed by atoms with Crippen molar-refractivity contribution in [2.75, 3.05) is 13.7 Å². The average Bonchev–Trinajstić information content (AvgIpc) is 3.22. The molecule has 0 bridgehead atoms. The fraction of sp³-hybridized carbons (Fsp3) is 0.526. The van der Waals surface area contributed by atoms with E-state index in [9.17, 15) is 5.11 Å². The minimum Gasteiger partial charge on any atom is -0.393 e. The summed E-state index contributed by atoms with van der Waals surface area (Å²) in [6.45, 7) is 1.87. The Morgan fingerprint density at radius 1 is 1.33 bits per heavy atom. The van der Waals surface area contributed by atoms with Crippen molar-refractivity contribution in [3.8, 4) is 11.3 Å². The number of aromatic nitrogens is 1. The Kier molecular flexibility index (Phi) is 4.43. The molecule has 1 saturated heterocycles. The minimum atomic E-state index is -0.199. The highest BCUT2D eigenvalue weighted by Crippen LogP contribution is 2.43. The summed E-state index contributed by atoms with van der Waals surface area (Å²) in [5.74, 6) is 0. The Labute approximate surface area is 147 Å². The van der Waals surface area contributed by atoms with Crippen LogP contribution in [0.2, 0.25) is 0 Å². The Bertz CT molecular complexity index is 690. The molecule has 1 aromatic heterocycles. The first-order valence-electron chi connectivity index (χ1n) is 8.67. The van der Waals surface area contributed by atoms with E-state index >= 15 is 0 Å². The molecule has 2 aromatic rings. The van der Waals surface area contributed by atoms with Crippen LogP contribution >= 0.6 is 11.3 Å². The van der Waals surface area contributed by atoms with Crippen LogP contribution < -0.4 is 0 Å².